The highest BCUT2D eigenvalue weighted by Gasteiger charge is 2.35. The van der Waals surface area contributed by atoms with Crippen molar-refractivity contribution < 1.29 is 28.4 Å². The van der Waals surface area contributed by atoms with E-state index in [1.54, 1.807) is 43.3 Å². The lowest BCUT2D eigenvalue weighted by molar-refractivity contribution is -0.123. The first-order valence-electron chi connectivity index (χ1n) is 9.83. The fourth-order valence-electron chi connectivity index (χ4n) is 3.30. The zero-order valence-corrected chi connectivity index (χ0v) is 17.3. The second kappa shape index (κ2) is 8.46. The first-order valence-corrected chi connectivity index (χ1v) is 9.83. The van der Waals surface area contributed by atoms with Gasteiger partial charge in [0, 0.05) is 6.07 Å². The van der Waals surface area contributed by atoms with E-state index in [-0.39, 0.29) is 29.7 Å². The van der Waals surface area contributed by atoms with Gasteiger partial charge in [-0.15, -0.1) is 0 Å². The van der Waals surface area contributed by atoms with Gasteiger partial charge in [0.1, 0.15) is 5.76 Å². The van der Waals surface area contributed by atoms with Gasteiger partial charge in [-0.2, -0.15) is 0 Å². The van der Waals surface area contributed by atoms with Crippen LogP contribution in [0.3, 0.4) is 0 Å². The summed E-state index contributed by atoms with van der Waals surface area (Å²) in [6.07, 6.45) is -1.08. The third-order valence-corrected chi connectivity index (χ3v) is 4.91. The van der Waals surface area contributed by atoms with Gasteiger partial charge in [0.05, 0.1) is 23.2 Å². The van der Waals surface area contributed by atoms with E-state index in [1.807, 2.05) is 0 Å². The number of fused-ring (bicyclic) bond motifs is 1. The molecule has 4 rings (SSSR count). The number of ether oxygens (including phenoxy) is 1. The molecule has 0 spiro atoms. The highest BCUT2D eigenvalue weighted by atomic mass is 16.5. The van der Waals surface area contributed by atoms with E-state index >= 15 is 0 Å². The van der Waals surface area contributed by atoms with Gasteiger partial charge in [0.15, 0.2) is 11.9 Å². The molecule has 2 heterocycles. The van der Waals surface area contributed by atoms with E-state index in [4.69, 9.17) is 9.26 Å². The number of esters is 1. The Bertz CT molecular complexity index is 1200. The van der Waals surface area contributed by atoms with Crippen LogP contribution >= 0.6 is 0 Å². The third kappa shape index (κ3) is 4.13. The molecule has 0 saturated heterocycles. The molecule has 0 aliphatic carbocycles. The van der Waals surface area contributed by atoms with Crippen molar-refractivity contribution in [1.29, 1.82) is 0 Å². The van der Waals surface area contributed by atoms with Crippen molar-refractivity contribution >= 4 is 29.5 Å². The summed E-state index contributed by atoms with van der Waals surface area (Å²) < 4.78 is 10.1. The number of anilines is 1. The molecule has 0 fully saturated rings. The standard InChI is InChI=1S/C23H19N3O6/c1-13-10-19(25-32-13)24-20(27)14(2)31-23(30)16-7-5-6-15(11-16)12-26-21(28)17-8-3-4-9-18(17)22(26)29/h3-11,14H,12H2,1-2H3,(H,24,25,27). The van der Waals surface area contributed by atoms with Crippen LogP contribution in [0.5, 0.6) is 0 Å². The predicted molar refractivity (Wildman–Crippen MR) is 112 cm³/mol. The maximum atomic E-state index is 12.6. The van der Waals surface area contributed by atoms with Crippen LogP contribution in [0.25, 0.3) is 0 Å². The molecule has 0 bridgehead atoms. The number of nitrogens with one attached hydrogen (secondary N) is 1. The highest BCUT2D eigenvalue weighted by molar-refractivity contribution is 6.21. The van der Waals surface area contributed by atoms with E-state index in [2.05, 4.69) is 10.5 Å². The van der Waals surface area contributed by atoms with Crippen molar-refractivity contribution in [1.82, 2.24) is 10.1 Å². The molecule has 1 aliphatic heterocycles. The Balaban J connectivity index is 1.41. The first-order chi connectivity index (χ1) is 15.3. The van der Waals surface area contributed by atoms with Gasteiger partial charge in [0.25, 0.3) is 17.7 Å². The normalized spacial score (nSPS) is 13.6. The topological polar surface area (TPSA) is 119 Å². The van der Waals surface area contributed by atoms with Crippen LogP contribution in [-0.2, 0) is 16.1 Å². The molecule has 9 nitrogen and oxygen atoms in total. The Morgan fingerprint density at radius 1 is 1.06 bits per heavy atom. The maximum Gasteiger partial charge on any atom is 0.338 e. The number of nitrogens with zero attached hydrogens (tertiary/aromatic N) is 2. The summed E-state index contributed by atoms with van der Waals surface area (Å²) >= 11 is 0. The molecule has 3 aromatic rings. The molecule has 9 heteroatoms. The molecule has 162 valence electrons. The number of rotatable bonds is 6. The van der Waals surface area contributed by atoms with Crippen LogP contribution in [0.2, 0.25) is 0 Å². The largest absolute Gasteiger partial charge is 0.449 e. The van der Waals surface area contributed by atoms with Crippen molar-refractivity contribution in [2.75, 3.05) is 5.32 Å². The lowest BCUT2D eigenvalue weighted by atomic mass is 10.1. The summed E-state index contributed by atoms with van der Waals surface area (Å²) in [6.45, 7) is 3.12. The number of imide groups is 1. The average molecular weight is 433 g/mol. The van der Waals surface area contributed by atoms with E-state index in [1.165, 1.54) is 25.1 Å². The summed E-state index contributed by atoms with van der Waals surface area (Å²) in [7, 11) is 0. The lowest BCUT2D eigenvalue weighted by Crippen LogP contribution is -2.30. The summed E-state index contributed by atoms with van der Waals surface area (Å²) in [6, 6.07) is 14.5. The van der Waals surface area contributed by atoms with Crippen molar-refractivity contribution in [3.63, 3.8) is 0 Å². The second-order valence-corrected chi connectivity index (χ2v) is 7.30. The van der Waals surface area contributed by atoms with E-state index in [9.17, 15) is 19.2 Å². The van der Waals surface area contributed by atoms with Gasteiger partial charge in [-0.1, -0.05) is 29.4 Å². The molecular weight excluding hydrogens is 414 g/mol. The number of hydrogen-bond donors (Lipinski definition) is 1. The molecule has 0 radical (unpaired) electrons. The third-order valence-electron chi connectivity index (χ3n) is 4.91. The summed E-state index contributed by atoms with van der Waals surface area (Å²) in [5.74, 6) is -1.29. The molecule has 1 unspecified atom stereocenters. The maximum absolute atomic E-state index is 12.6. The average Bonchev–Trinajstić information content (AvgIpc) is 3.30. The zero-order chi connectivity index (χ0) is 22.8. The molecule has 1 atom stereocenters. The van der Waals surface area contributed by atoms with Crippen LogP contribution in [0, 0.1) is 6.92 Å². The van der Waals surface area contributed by atoms with Gasteiger partial charge >= 0.3 is 5.97 Å². The van der Waals surface area contributed by atoms with Crippen molar-refractivity contribution in [2.24, 2.45) is 0 Å². The number of carbonyl (C=O) groups excluding carboxylic acids is 4. The van der Waals surface area contributed by atoms with Gasteiger partial charge in [-0.25, -0.2) is 4.79 Å². The Morgan fingerprint density at radius 2 is 1.75 bits per heavy atom. The van der Waals surface area contributed by atoms with Gasteiger partial charge in [0.2, 0.25) is 0 Å². The lowest BCUT2D eigenvalue weighted by Gasteiger charge is -2.15. The molecule has 3 amide bonds. The van der Waals surface area contributed by atoms with Crippen LogP contribution in [0.4, 0.5) is 5.82 Å². The van der Waals surface area contributed by atoms with Crippen LogP contribution in [0.1, 0.15) is 49.3 Å². The number of aryl methyl sites for hydroxylation is 1. The van der Waals surface area contributed by atoms with Gasteiger partial charge in [-0.3, -0.25) is 19.3 Å². The quantitative estimate of drug-likeness (QED) is 0.469. The number of hydrogen-bond acceptors (Lipinski definition) is 7. The molecule has 1 N–H and O–H groups in total. The number of benzene rings is 2. The van der Waals surface area contributed by atoms with Crippen molar-refractivity contribution in [3.8, 4) is 0 Å². The summed E-state index contributed by atoms with van der Waals surface area (Å²) in [5, 5.41) is 6.15. The second-order valence-electron chi connectivity index (χ2n) is 7.30. The molecule has 2 aromatic carbocycles. The predicted octanol–water partition coefficient (Wildman–Crippen LogP) is 2.96. The van der Waals surface area contributed by atoms with Gasteiger partial charge in [-0.05, 0) is 43.7 Å². The van der Waals surface area contributed by atoms with Crippen LogP contribution in [0.15, 0.2) is 59.1 Å². The zero-order valence-electron chi connectivity index (χ0n) is 17.3. The van der Waals surface area contributed by atoms with Crippen LogP contribution < -0.4 is 5.32 Å². The molecule has 1 aromatic heterocycles. The number of aromatic nitrogens is 1. The Morgan fingerprint density at radius 3 is 2.38 bits per heavy atom. The summed E-state index contributed by atoms with van der Waals surface area (Å²) in [4.78, 5) is 51.0. The van der Waals surface area contributed by atoms with Crippen molar-refractivity contribution in [3.05, 3.63) is 82.6 Å². The molecule has 1 aliphatic rings. The number of carbonyl (C=O) groups is 4. The Hall–Kier alpha value is -4.27. The fraction of sp³-hybridized carbons (Fsp3) is 0.174. The monoisotopic (exact) mass is 433 g/mol. The minimum atomic E-state index is -1.08. The molecule has 0 saturated carbocycles. The Labute approximate surface area is 182 Å². The molecule has 32 heavy (non-hydrogen) atoms. The minimum absolute atomic E-state index is 0.00894. The van der Waals surface area contributed by atoms with Gasteiger partial charge < -0.3 is 14.6 Å². The smallest absolute Gasteiger partial charge is 0.338 e. The minimum Gasteiger partial charge on any atom is -0.449 e. The van der Waals surface area contributed by atoms with E-state index in [0.29, 0.717) is 22.5 Å². The fourth-order valence-corrected chi connectivity index (χ4v) is 3.30. The summed E-state index contributed by atoms with van der Waals surface area (Å²) in [5.41, 5.74) is 1.48. The van der Waals surface area contributed by atoms with Crippen molar-refractivity contribution in [2.45, 2.75) is 26.5 Å². The first kappa shape index (κ1) is 21.0. The molecular formula is C23H19N3O6. The van der Waals surface area contributed by atoms with E-state index < -0.39 is 18.0 Å². The number of amides is 3. The van der Waals surface area contributed by atoms with Crippen LogP contribution in [-0.4, -0.2) is 39.9 Å². The van der Waals surface area contributed by atoms with E-state index in [0.717, 1.165) is 4.90 Å². The highest BCUT2D eigenvalue weighted by Crippen LogP contribution is 2.24. The Kier molecular flexibility index (Phi) is 5.55. The SMILES string of the molecule is Cc1cc(NC(=O)C(C)OC(=O)c2cccc(CN3C(=O)c4ccccc4C3=O)c2)no1.